The first-order chi connectivity index (χ1) is 6.26. The number of hydrogen-bond acceptors (Lipinski definition) is 2. The van der Waals surface area contributed by atoms with Gasteiger partial charge in [0.15, 0.2) is 6.29 Å². The number of rotatable bonds is 5. The molecule has 0 bridgehead atoms. The molecule has 2 nitrogen and oxygen atoms in total. The van der Waals surface area contributed by atoms with Gasteiger partial charge in [0.2, 0.25) is 0 Å². The molecule has 0 aliphatic heterocycles. The lowest BCUT2D eigenvalue weighted by Gasteiger charge is -2.19. The smallest absolute Gasteiger partial charge is 0.167 e. The van der Waals surface area contributed by atoms with Crippen molar-refractivity contribution in [3.8, 4) is 0 Å². The van der Waals surface area contributed by atoms with Gasteiger partial charge in [-0.3, -0.25) is 0 Å². The molecule has 0 aromatic rings. The average Bonchev–Trinajstić information content (AvgIpc) is 2.50. The molecule has 0 N–H and O–H groups in total. The zero-order valence-electron chi connectivity index (χ0n) is 8.20. The third-order valence-electron chi connectivity index (χ3n) is 2.06. The Bertz CT molecular complexity index is 170. The van der Waals surface area contributed by atoms with Gasteiger partial charge < -0.3 is 9.47 Å². The maximum atomic E-state index is 5.75. The highest BCUT2D eigenvalue weighted by molar-refractivity contribution is 14.1. The van der Waals surface area contributed by atoms with Crippen molar-refractivity contribution in [3.63, 3.8) is 0 Å². The van der Waals surface area contributed by atoms with Crippen LogP contribution in [0.4, 0.5) is 0 Å². The van der Waals surface area contributed by atoms with E-state index in [1.54, 1.807) is 0 Å². The quantitative estimate of drug-likeness (QED) is 0.336. The van der Waals surface area contributed by atoms with E-state index in [9.17, 15) is 0 Å². The Labute approximate surface area is 93.8 Å². The second-order valence-electron chi connectivity index (χ2n) is 3.31. The topological polar surface area (TPSA) is 18.5 Å². The fourth-order valence-corrected chi connectivity index (χ4v) is 1.90. The molecule has 13 heavy (non-hydrogen) atoms. The molecule has 1 rings (SSSR count). The third-order valence-corrected chi connectivity index (χ3v) is 2.78. The minimum Gasteiger partial charge on any atom is -0.352 e. The molecule has 0 fully saturated rings. The van der Waals surface area contributed by atoms with E-state index in [0.717, 1.165) is 17.5 Å². The summed E-state index contributed by atoms with van der Waals surface area (Å²) in [6.07, 6.45) is 5.68. The van der Waals surface area contributed by atoms with Gasteiger partial charge in [-0.05, 0) is 19.3 Å². The van der Waals surface area contributed by atoms with E-state index >= 15 is 0 Å². The molecule has 0 radical (unpaired) electrons. The molecule has 0 aromatic carbocycles. The highest BCUT2D eigenvalue weighted by Gasteiger charge is 2.19. The van der Waals surface area contributed by atoms with Crippen LogP contribution in [0.3, 0.4) is 0 Å². The predicted molar refractivity (Wildman–Crippen MR) is 62.1 cm³/mol. The van der Waals surface area contributed by atoms with Gasteiger partial charge in [-0.2, -0.15) is 0 Å². The van der Waals surface area contributed by atoms with Gasteiger partial charge in [0.05, 0.1) is 10.5 Å². The minimum absolute atomic E-state index is 0.0365. The summed E-state index contributed by atoms with van der Waals surface area (Å²) in [6, 6.07) is 0. The van der Waals surface area contributed by atoms with E-state index < -0.39 is 0 Å². The summed E-state index contributed by atoms with van der Waals surface area (Å²) in [5.41, 5.74) is 0. The van der Waals surface area contributed by atoms with Crippen LogP contribution >= 0.6 is 22.6 Å². The van der Waals surface area contributed by atoms with Crippen LogP contribution in [0, 0.1) is 5.92 Å². The van der Waals surface area contributed by atoms with Gasteiger partial charge in [0, 0.05) is 6.61 Å². The molecule has 76 valence electrons. The SMILES string of the molecule is CCOC(CI)O[C@@H]1C=C[C@@H](C)C1. The molecular formula is C10H17IO2. The van der Waals surface area contributed by atoms with E-state index in [1.165, 1.54) is 0 Å². The summed E-state index contributed by atoms with van der Waals surface area (Å²) in [6.45, 7) is 4.93. The van der Waals surface area contributed by atoms with E-state index in [2.05, 4.69) is 41.7 Å². The normalized spacial score (nSPS) is 29.5. The lowest BCUT2D eigenvalue weighted by molar-refractivity contribution is -0.141. The Kier molecular flexibility index (Phi) is 5.28. The van der Waals surface area contributed by atoms with Crippen LogP contribution < -0.4 is 0 Å². The van der Waals surface area contributed by atoms with Crippen LogP contribution in [0.1, 0.15) is 20.3 Å². The highest BCUT2D eigenvalue weighted by Crippen LogP contribution is 2.21. The Morgan fingerprint density at radius 3 is 2.77 bits per heavy atom. The Hall–Kier alpha value is 0.390. The molecule has 0 saturated heterocycles. The Morgan fingerprint density at radius 1 is 1.54 bits per heavy atom. The molecule has 0 amide bonds. The van der Waals surface area contributed by atoms with Crippen molar-refractivity contribution in [1.29, 1.82) is 0 Å². The van der Waals surface area contributed by atoms with Crippen LogP contribution in [0.2, 0.25) is 0 Å². The number of alkyl halides is 1. The molecule has 0 aromatic heterocycles. The summed E-state index contributed by atoms with van der Waals surface area (Å²) in [7, 11) is 0. The van der Waals surface area contributed by atoms with Crippen molar-refractivity contribution in [3.05, 3.63) is 12.2 Å². The van der Waals surface area contributed by atoms with Crippen LogP contribution in [0.25, 0.3) is 0 Å². The minimum atomic E-state index is -0.0365. The molecule has 1 aliphatic rings. The van der Waals surface area contributed by atoms with E-state index in [1.807, 2.05) is 6.92 Å². The van der Waals surface area contributed by atoms with Gasteiger partial charge in [-0.1, -0.05) is 41.7 Å². The summed E-state index contributed by atoms with van der Waals surface area (Å²) >= 11 is 2.29. The van der Waals surface area contributed by atoms with E-state index in [0.29, 0.717) is 5.92 Å². The highest BCUT2D eigenvalue weighted by atomic mass is 127. The number of ether oxygens (including phenoxy) is 2. The first-order valence-electron chi connectivity index (χ1n) is 4.77. The molecule has 0 heterocycles. The first kappa shape index (κ1) is 11.5. The standard InChI is InChI=1S/C10H17IO2/c1-3-12-10(7-11)13-9-5-4-8(2)6-9/h4-5,8-10H,3,6-7H2,1-2H3/t8-,9-,10?/m1/s1. The Morgan fingerprint density at radius 2 is 2.31 bits per heavy atom. The van der Waals surface area contributed by atoms with Gasteiger partial charge in [-0.25, -0.2) is 0 Å². The summed E-state index contributed by atoms with van der Waals surface area (Å²) in [4.78, 5) is 0. The van der Waals surface area contributed by atoms with Crippen molar-refractivity contribution >= 4 is 22.6 Å². The second-order valence-corrected chi connectivity index (χ2v) is 4.19. The average molecular weight is 296 g/mol. The van der Waals surface area contributed by atoms with Crippen LogP contribution in [-0.2, 0) is 9.47 Å². The first-order valence-corrected chi connectivity index (χ1v) is 6.30. The molecule has 3 atom stereocenters. The summed E-state index contributed by atoms with van der Waals surface area (Å²) in [5.74, 6) is 0.654. The maximum absolute atomic E-state index is 5.75. The van der Waals surface area contributed by atoms with Crippen molar-refractivity contribution in [2.45, 2.75) is 32.7 Å². The largest absolute Gasteiger partial charge is 0.352 e. The van der Waals surface area contributed by atoms with Gasteiger partial charge >= 0.3 is 0 Å². The van der Waals surface area contributed by atoms with Gasteiger partial charge in [0.1, 0.15) is 0 Å². The predicted octanol–water partition coefficient (Wildman–Crippen LogP) is 2.77. The van der Waals surface area contributed by atoms with Crippen LogP contribution in [0.15, 0.2) is 12.2 Å². The zero-order chi connectivity index (χ0) is 9.68. The van der Waals surface area contributed by atoms with E-state index in [-0.39, 0.29) is 12.4 Å². The van der Waals surface area contributed by atoms with E-state index in [4.69, 9.17) is 9.47 Å². The number of allylic oxidation sites excluding steroid dienone is 1. The second kappa shape index (κ2) is 5.98. The monoisotopic (exact) mass is 296 g/mol. The molecule has 3 heteroatoms. The zero-order valence-corrected chi connectivity index (χ0v) is 10.4. The summed E-state index contributed by atoms with van der Waals surface area (Å²) < 4.78 is 12.1. The molecule has 0 spiro atoms. The maximum Gasteiger partial charge on any atom is 0.167 e. The van der Waals surface area contributed by atoms with Crippen molar-refractivity contribution in [1.82, 2.24) is 0 Å². The number of halogens is 1. The Balaban J connectivity index is 2.26. The molecule has 1 aliphatic carbocycles. The summed E-state index contributed by atoms with van der Waals surface area (Å²) in [5, 5.41) is 0. The lowest BCUT2D eigenvalue weighted by Crippen LogP contribution is -2.24. The van der Waals surface area contributed by atoms with Crippen molar-refractivity contribution in [2.24, 2.45) is 5.92 Å². The third kappa shape index (κ3) is 3.95. The molecular weight excluding hydrogens is 279 g/mol. The van der Waals surface area contributed by atoms with Crippen LogP contribution in [-0.4, -0.2) is 23.4 Å². The fraction of sp³-hybridized carbons (Fsp3) is 0.800. The van der Waals surface area contributed by atoms with Crippen LogP contribution in [0.5, 0.6) is 0 Å². The number of hydrogen-bond donors (Lipinski definition) is 0. The fourth-order valence-electron chi connectivity index (χ4n) is 1.44. The van der Waals surface area contributed by atoms with Crippen molar-refractivity contribution in [2.75, 3.05) is 11.0 Å². The van der Waals surface area contributed by atoms with Crippen molar-refractivity contribution < 1.29 is 9.47 Å². The molecule has 0 saturated carbocycles. The lowest BCUT2D eigenvalue weighted by atomic mass is 10.1. The van der Waals surface area contributed by atoms with Gasteiger partial charge in [0.25, 0.3) is 0 Å². The molecule has 1 unspecified atom stereocenters. The van der Waals surface area contributed by atoms with Gasteiger partial charge in [-0.15, -0.1) is 0 Å².